The van der Waals surface area contributed by atoms with Gasteiger partial charge in [-0.1, -0.05) is 24.6 Å². The second kappa shape index (κ2) is 5.06. The molecule has 0 aliphatic carbocycles. The second-order valence-electron chi connectivity index (χ2n) is 3.66. The van der Waals surface area contributed by atoms with Crippen LogP contribution in [-0.4, -0.2) is 25.3 Å². The van der Waals surface area contributed by atoms with Crippen LogP contribution in [0.15, 0.2) is 18.2 Å². The number of aryl methyl sites for hydroxylation is 1. The molecule has 1 aromatic heterocycles. The zero-order chi connectivity index (χ0) is 12.4. The molecule has 0 amide bonds. The van der Waals surface area contributed by atoms with Gasteiger partial charge in [-0.3, -0.25) is 4.21 Å². The normalized spacial score (nSPS) is 13.1. The molecule has 0 saturated heterocycles. The number of hydrogen-bond acceptors (Lipinski definition) is 3. The minimum Gasteiger partial charge on any atom is -0.369 e. The zero-order valence-corrected chi connectivity index (χ0v) is 11.1. The topological polar surface area (TPSA) is 60.9 Å². The number of halogens is 1. The van der Waals surface area contributed by atoms with Crippen molar-refractivity contribution in [3.63, 3.8) is 0 Å². The molecule has 4 nitrogen and oxygen atoms in total. The van der Waals surface area contributed by atoms with Crippen molar-refractivity contribution >= 4 is 39.4 Å². The first-order chi connectivity index (χ1) is 8.13. The van der Waals surface area contributed by atoms with Crippen LogP contribution in [0.5, 0.6) is 0 Å². The van der Waals surface area contributed by atoms with Crippen LogP contribution >= 0.6 is 11.6 Å². The Balaban J connectivity index is 2.39. The summed E-state index contributed by atoms with van der Waals surface area (Å²) in [7, 11) is -0.817. The average molecular weight is 272 g/mol. The highest BCUT2D eigenvalue weighted by Crippen LogP contribution is 2.25. The molecule has 1 heterocycles. The van der Waals surface area contributed by atoms with Crippen LogP contribution in [-0.2, 0) is 17.3 Å². The van der Waals surface area contributed by atoms with Crippen molar-refractivity contribution in [2.24, 2.45) is 0 Å². The second-order valence-corrected chi connectivity index (χ2v) is 5.93. The van der Waals surface area contributed by atoms with E-state index in [1.165, 1.54) is 0 Å². The Kier molecular flexibility index (Phi) is 3.69. The SMILES string of the molecule is CCS(=O)CCn1c(N)nc2cccc(Cl)c21. The van der Waals surface area contributed by atoms with Gasteiger partial charge in [0.25, 0.3) is 0 Å². The Morgan fingerprint density at radius 2 is 2.29 bits per heavy atom. The Morgan fingerprint density at radius 3 is 3.00 bits per heavy atom. The summed E-state index contributed by atoms with van der Waals surface area (Å²) in [5.74, 6) is 1.64. The molecule has 92 valence electrons. The Labute approximate surface area is 107 Å². The van der Waals surface area contributed by atoms with E-state index in [0.717, 1.165) is 11.0 Å². The molecule has 1 aromatic carbocycles. The smallest absolute Gasteiger partial charge is 0.201 e. The van der Waals surface area contributed by atoms with Gasteiger partial charge in [-0.25, -0.2) is 4.98 Å². The van der Waals surface area contributed by atoms with Crippen LogP contribution in [0.2, 0.25) is 5.02 Å². The fraction of sp³-hybridized carbons (Fsp3) is 0.364. The van der Waals surface area contributed by atoms with E-state index in [1.54, 1.807) is 6.07 Å². The van der Waals surface area contributed by atoms with Gasteiger partial charge in [0.05, 0.1) is 16.1 Å². The highest BCUT2D eigenvalue weighted by Gasteiger charge is 2.11. The molecule has 6 heteroatoms. The third-order valence-corrected chi connectivity index (χ3v) is 4.20. The third kappa shape index (κ3) is 2.45. The Hall–Kier alpha value is -1.07. The number of anilines is 1. The van der Waals surface area contributed by atoms with E-state index in [0.29, 0.717) is 29.0 Å². The Morgan fingerprint density at radius 1 is 1.53 bits per heavy atom. The highest BCUT2D eigenvalue weighted by atomic mass is 35.5. The van der Waals surface area contributed by atoms with E-state index in [2.05, 4.69) is 4.98 Å². The molecular weight excluding hydrogens is 258 g/mol. The maximum absolute atomic E-state index is 11.4. The predicted octanol–water partition coefficient (Wildman–Crippen LogP) is 2.04. The van der Waals surface area contributed by atoms with Gasteiger partial charge in [-0.15, -0.1) is 0 Å². The molecule has 0 fully saturated rings. The van der Waals surface area contributed by atoms with Gasteiger partial charge in [0.15, 0.2) is 0 Å². The average Bonchev–Trinajstić information content (AvgIpc) is 2.63. The fourth-order valence-electron chi connectivity index (χ4n) is 1.72. The van der Waals surface area contributed by atoms with Crippen molar-refractivity contribution in [2.75, 3.05) is 17.2 Å². The van der Waals surface area contributed by atoms with Crippen molar-refractivity contribution in [1.82, 2.24) is 9.55 Å². The molecule has 0 bridgehead atoms. The number of aromatic nitrogens is 2. The van der Waals surface area contributed by atoms with E-state index in [4.69, 9.17) is 17.3 Å². The van der Waals surface area contributed by atoms with E-state index < -0.39 is 10.8 Å². The van der Waals surface area contributed by atoms with Gasteiger partial charge in [0, 0.05) is 28.9 Å². The van der Waals surface area contributed by atoms with Crippen LogP contribution in [0.3, 0.4) is 0 Å². The van der Waals surface area contributed by atoms with Gasteiger partial charge in [-0.05, 0) is 12.1 Å². The summed E-state index contributed by atoms with van der Waals surface area (Å²) in [5, 5.41) is 0.619. The van der Waals surface area contributed by atoms with E-state index in [9.17, 15) is 4.21 Å². The van der Waals surface area contributed by atoms with Crippen LogP contribution < -0.4 is 5.73 Å². The van der Waals surface area contributed by atoms with Crippen LogP contribution in [0, 0.1) is 0 Å². The summed E-state index contributed by atoms with van der Waals surface area (Å²) in [5.41, 5.74) is 7.44. The zero-order valence-electron chi connectivity index (χ0n) is 9.52. The first-order valence-corrected chi connectivity index (χ1v) is 7.25. The summed E-state index contributed by atoms with van der Waals surface area (Å²) in [6.45, 7) is 2.48. The maximum Gasteiger partial charge on any atom is 0.201 e. The number of nitrogens with two attached hydrogens (primary N) is 1. The lowest BCUT2D eigenvalue weighted by atomic mass is 10.3. The first kappa shape index (κ1) is 12.4. The van der Waals surface area contributed by atoms with Gasteiger partial charge >= 0.3 is 0 Å². The lowest BCUT2D eigenvalue weighted by molar-refractivity contribution is 0.677. The molecule has 2 aromatic rings. The van der Waals surface area contributed by atoms with Crippen LogP contribution in [0.1, 0.15) is 6.92 Å². The van der Waals surface area contributed by atoms with Gasteiger partial charge in [-0.2, -0.15) is 0 Å². The first-order valence-electron chi connectivity index (χ1n) is 5.38. The molecule has 0 spiro atoms. The number of nitrogen functional groups attached to an aromatic ring is 1. The van der Waals surface area contributed by atoms with E-state index >= 15 is 0 Å². The van der Waals surface area contributed by atoms with Crippen molar-refractivity contribution < 1.29 is 4.21 Å². The van der Waals surface area contributed by atoms with Crippen LogP contribution in [0.25, 0.3) is 11.0 Å². The lowest BCUT2D eigenvalue weighted by Gasteiger charge is -2.06. The maximum atomic E-state index is 11.4. The number of benzene rings is 1. The number of fused-ring (bicyclic) bond motifs is 1. The van der Waals surface area contributed by atoms with Crippen molar-refractivity contribution in [1.29, 1.82) is 0 Å². The molecule has 2 N–H and O–H groups in total. The molecule has 0 aliphatic heterocycles. The van der Waals surface area contributed by atoms with Gasteiger partial charge < -0.3 is 10.3 Å². The highest BCUT2D eigenvalue weighted by molar-refractivity contribution is 7.84. The van der Waals surface area contributed by atoms with E-state index in [1.807, 2.05) is 23.6 Å². The molecule has 1 atom stereocenters. The molecule has 0 radical (unpaired) electrons. The van der Waals surface area contributed by atoms with E-state index in [-0.39, 0.29) is 0 Å². The van der Waals surface area contributed by atoms with Crippen molar-refractivity contribution in [3.8, 4) is 0 Å². The standard InChI is InChI=1S/C11H14ClN3OS/c1-2-17(16)7-6-15-10-8(12)4-3-5-9(10)14-11(15)13/h3-5H,2,6-7H2,1H3,(H2,13,14). The quantitative estimate of drug-likeness (QED) is 0.926. The van der Waals surface area contributed by atoms with Crippen molar-refractivity contribution in [3.05, 3.63) is 23.2 Å². The largest absolute Gasteiger partial charge is 0.369 e. The van der Waals surface area contributed by atoms with Gasteiger partial charge in [0.1, 0.15) is 0 Å². The molecular formula is C11H14ClN3OS. The monoisotopic (exact) mass is 271 g/mol. The predicted molar refractivity (Wildman–Crippen MR) is 72.7 cm³/mol. The molecule has 2 rings (SSSR count). The minimum atomic E-state index is -0.817. The summed E-state index contributed by atoms with van der Waals surface area (Å²) in [6.07, 6.45) is 0. The summed E-state index contributed by atoms with van der Waals surface area (Å²) >= 11 is 6.13. The number of imidazole rings is 1. The Bertz CT molecular complexity index is 567. The summed E-state index contributed by atoms with van der Waals surface area (Å²) < 4.78 is 13.3. The lowest BCUT2D eigenvalue weighted by Crippen LogP contribution is -2.11. The van der Waals surface area contributed by atoms with Crippen LogP contribution in [0.4, 0.5) is 5.95 Å². The van der Waals surface area contributed by atoms with Gasteiger partial charge in [0.2, 0.25) is 5.95 Å². The number of rotatable bonds is 4. The number of nitrogens with zero attached hydrogens (tertiary/aromatic N) is 2. The minimum absolute atomic E-state index is 0.418. The molecule has 0 aliphatic rings. The number of hydrogen-bond donors (Lipinski definition) is 1. The summed E-state index contributed by atoms with van der Waals surface area (Å²) in [6, 6.07) is 5.51. The fourth-order valence-corrected chi connectivity index (χ4v) is 2.67. The molecule has 17 heavy (non-hydrogen) atoms. The third-order valence-electron chi connectivity index (χ3n) is 2.61. The number of para-hydroxylation sites is 1. The van der Waals surface area contributed by atoms with Crippen molar-refractivity contribution in [2.45, 2.75) is 13.5 Å². The summed E-state index contributed by atoms with van der Waals surface area (Å²) in [4.78, 5) is 4.24. The molecule has 0 saturated carbocycles. The molecule has 1 unspecified atom stereocenters.